The van der Waals surface area contributed by atoms with Crippen LogP contribution in [0.4, 0.5) is 0 Å². The van der Waals surface area contributed by atoms with Gasteiger partial charge in [0.05, 0.1) is 11.4 Å². The number of aryl methyl sites for hydroxylation is 1. The minimum atomic E-state index is -3.72. The summed E-state index contributed by atoms with van der Waals surface area (Å²) in [6.07, 6.45) is 1.66. The molecular formula is C19H19N3O4S2. The van der Waals surface area contributed by atoms with E-state index in [1.807, 2.05) is 17.5 Å². The molecule has 7 nitrogen and oxygen atoms in total. The molecular weight excluding hydrogens is 398 g/mol. The molecule has 3 rings (SSSR count). The first-order valence-corrected chi connectivity index (χ1v) is 10.8. The molecule has 2 N–H and O–H groups in total. The third-order valence-electron chi connectivity index (χ3n) is 3.75. The number of sulfonamides is 1. The maximum atomic E-state index is 12.2. The van der Waals surface area contributed by atoms with Crippen LogP contribution >= 0.6 is 11.3 Å². The number of amides is 1. The van der Waals surface area contributed by atoms with Crippen molar-refractivity contribution in [2.75, 3.05) is 6.54 Å². The molecule has 146 valence electrons. The van der Waals surface area contributed by atoms with Gasteiger partial charge in [-0.15, -0.1) is 0 Å². The van der Waals surface area contributed by atoms with E-state index < -0.39 is 15.9 Å². The fourth-order valence-corrected chi connectivity index (χ4v) is 3.92. The number of ether oxygens (including phenoxy) is 1. The minimum Gasteiger partial charge on any atom is -0.431 e. The van der Waals surface area contributed by atoms with Crippen LogP contribution in [0, 0.1) is 6.92 Å². The predicted molar refractivity (Wildman–Crippen MR) is 107 cm³/mol. The molecule has 0 aliphatic carbocycles. The van der Waals surface area contributed by atoms with E-state index in [1.54, 1.807) is 43.5 Å². The number of hydrogen-bond acceptors (Lipinski definition) is 6. The molecule has 28 heavy (non-hydrogen) atoms. The average Bonchev–Trinajstić information content (AvgIpc) is 3.19. The van der Waals surface area contributed by atoms with Crippen molar-refractivity contribution in [3.05, 3.63) is 71.2 Å². The van der Waals surface area contributed by atoms with E-state index in [0.717, 1.165) is 11.1 Å². The zero-order chi connectivity index (χ0) is 20.0. The van der Waals surface area contributed by atoms with E-state index in [2.05, 4.69) is 15.0 Å². The molecule has 0 fully saturated rings. The maximum Gasteiger partial charge on any atom is 0.278 e. The second-order valence-electron chi connectivity index (χ2n) is 5.96. The lowest BCUT2D eigenvalue weighted by Gasteiger charge is -2.09. The summed E-state index contributed by atoms with van der Waals surface area (Å²) in [6.45, 7) is 1.75. The molecule has 1 aromatic heterocycles. The highest BCUT2D eigenvalue weighted by molar-refractivity contribution is 7.89. The molecule has 1 heterocycles. The van der Waals surface area contributed by atoms with Crippen molar-refractivity contribution in [2.45, 2.75) is 18.4 Å². The Kier molecular flexibility index (Phi) is 6.40. The summed E-state index contributed by atoms with van der Waals surface area (Å²) in [5, 5.41) is 5.07. The van der Waals surface area contributed by atoms with E-state index in [9.17, 15) is 13.2 Å². The number of nitrogens with one attached hydrogen (secondary N) is 2. The zero-order valence-corrected chi connectivity index (χ0v) is 16.7. The van der Waals surface area contributed by atoms with Gasteiger partial charge in [-0.2, -0.15) is 0 Å². The average molecular weight is 418 g/mol. The third-order valence-corrected chi connectivity index (χ3v) is 5.80. The highest BCUT2D eigenvalue weighted by Crippen LogP contribution is 2.23. The van der Waals surface area contributed by atoms with Gasteiger partial charge in [0.25, 0.3) is 5.19 Å². The molecule has 2 aromatic carbocycles. The molecule has 3 aromatic rings. The Hall–Kier alpha value is -2.75. The maximum absolute atomic E-state index is 12.2. The number of aromatic nitrogens is 1. The fraction of sp³-hybridized carbons (Fsp3) is 0.158. The number of rotatable bonds is 8. The molecule has 0 saturated carbocycles. The van der Waals surface area contributed by atoms with Crippen LogP contribution in [0.25, 0.3) is 0 Å². The molecule has 0 spiro atoms. The fourth-order valence-electron chi connectivity index (χ4n) is 2.33. The first-order chi connectivity index (χ1) is 13.4. The quantitative estimate of drug-likeness (QED) is 0.587. The molecule has 9 heteroatoms. The van der Waals surface area contributed by atoms with E-state index in [4.69, 9.17) is 4.74 Å². The van der Waals surface area contributed by atoms with Gasteiger partial charge < -0.3 is 10.1 Å². The van der Waals surface area contributed by atoms with Gasteiger partial charge >= 0.3 is 0 Å². The SMILES string of the molecule is Cc1cccc(S(=O)(=O)NCC(=O)NCc2ccc(Oc3nccs3)cc2)c1. The van der Waals surface area contributed by atoms with Crippen LogP contribution in [0.2, 0.25) is 0 Å². The Morgan fingerprint density at radius 1 is 1.18 bits per heavy atom. The molecule has 0 aliphatic heterocycles. The van der Waals surface area contributed by atoms with E-state index in [0.29, 0.717) is 10.9 Å². The second kappa shape index (κ2) is 8.96. The molecule has 0 atom stereocenters. The van der Waals surface area contributed by atoms with Crippen LogP contribution in [-0.2, 0) is 21.4 Å². The second-order valence-corrected chi connectivity index (χ2v) is 8.59. The smallest absolute Gasteiger partial charge is 0.278 e. The van der Waals surface area contributed by atoms with E-state index >= 15 is 0 Å². The van der Waals surface area contributed by atoms with Crippen LogP contribution in [0.3, 0.4) is 0 Å². The van der Waals surface area contributed by atoms with Crippen molar-refractivity contribution < 1.29 is 17.9 Å². The van der Waals surface area contributed by atoms with Gasteiger partial charge in [-0.3, -0.25) is 4.79 Å². The van der Waals surface area contributed by atoms with E-state index in [-0.39, 0.29) is 18.0 Å². The minimum absolute atomic E-state index is 0.135. The van der Waals surface area contributed by atoms with Crippen LogP contribution in [0.15, 0.2) is 65.0 Å². The first-order valence-electron chi connectivity index (χ1n) is 8.42. The summed E-state index contributed by atoms with van der Waals surface area (Å²) in [6, 6.07) is 13.7. The first kappa shape index (κ1) is 20.0. The Morgan fingerprint density at radius 2 is 1.96 bits per heavy atom. The molecule has 0 radical (unpaired) electrons. The number of nitrogens with zero attached hydrogens (tertiary/aromatic N) is 1. The van der Waals surface area contributed by atoms with Crippen molar-refractivity contribution in [2.24, 2.45) is 0 Å². The predicted octanol–water partition coefficient (Wildman–Crippen LogP) is 2.84. The summed E-state index contributed by atoms with van der Waals surface area (Å²) in [7, 11) is -3.72. The number of carbonyl (C=O) groups is 1. The summed E-state index contributed by atoms with van der Waals surface area (Å²) >= 11 is 1.40. The van der Waals surface area contributed by atoms with Crippen molar-refractivity contribution in [1.29, 1.82) is 0 Å². The van der Waals surface area contributed by atoms with Gasteiger partial charge in [0.1, 0.15) is 5.75 Å². The topological polar surface area (TPSA) is 97.4 Å². The number of carbonyl (C=O) groups excluding carboxylic acids is 1. The van der Waals surface area contributed by atoms with Crippen LogP contribution in [0.1, 0.15) is 11.1 Å². The van der Waals surface area contributed by atoms with Gasteiger partial charge in [0.15, 0.2) is 0 Å². The molecule has 1 amide bonds. The monoisotopic (exact) mass is 417 g/mol. The summed E-state index contributed by atoms with van der Waals surface area (Å²) in [5.41, 5.74) is 1.69. The Balaban J connectivity index is 1.47. The van der Waals surface area contributed by atoms with Crippen molar-refractivity contribution >= 4 is 27.3 Å². The normalized spacial score (nSPS) is 11.2. The van der Waals surface area contributed by atoms with Gasteiger partial charge in [-0.1, -0.05) is 35.6 Å². The van der Waals surface area contributed by atoms with Gasteiger partial charge in [-0.05, 0) is 42.3 Å². The molecule has 0 saturated heterocycles. The van der Waals surface area contributed by atoms with Gasteiger partial charge in [0, 0.05) is 18.1 Å². The number of benzene rings is 2. The lowest BCUT2D eigenvalue weighted by molar-refractivity contribution is -0.120. The summed E-state index contributed by atoms with van der Waals surface area (Å²) in [4.78, 5) is 16.1. The Morgan fingerprint density at radius 3 is 2.64 bits per heavy atom. The number of thiazole rings is 1. The van der Waals surface area contributed by atoms with Gasteiger partial charge in [0.2, 0.25) is 15.9 Å². The molecule has 0 unspecified atom stereocenters. The Bertz CT molecular complexity index is 1030. The van der Waals surface area contributed by atoms with Crippen molar-refractivity contribution in [1.82, 2.24) is 15.0 Å². The number of hydrogen-bond donors (Lipinski definition) is 2. The van der Waals surface area contributed by atoms with Crippen molar-refractivity contribution in [3.8, 4) is 10.9 Å². The largest absolute Gasteiger partial charge is 0.431 e. The molecule has 0 bridgehead atoms. The summed E-state index contributed by atoms with van der Waals surface area (Å²) < 4.78 is 32.3. The zero-order valence-electron chi connectivity index (χ0n) is 15.1. The van der Waals surface area contributed by atoms with Crippen LogP contribution < -0.4 is 14.8 Å². The highest BCUT2D eigenvalue weighted by atomic mass is 32.2. The van der Waals surface area contributed by atoms with Crippen LogP contribution in [-0.4, -0.2) is 25.9 Å². The molecule has 0 aliphatic rings. The summed E-state index contributed by atoms with van der Waals surface area (Å²) in [5.74, 6) is 0.232. The lowest BCUT2D eigenvalue weighted by atomic mass is 10.2. The Labute approximate surface area is 167 Å². The van der Waals surface area contributed by atoms with Gasteiger partial charge in [-0.25, -0.2) is 18.1 Å². The lowest BCUT2D eigenvalue weighted by Crippen LogP contribution is -2.36. The third kappa shape index (κ3) is 5.62. The highest BCUT2D eigenvalue weighted by Gasteiger charge is 2.15. The standard InChI is InChI=1S/C19H19N3O4S2/c1-14-3-2-4-17(11-14)28(24,25)22-13-18(23)21-12-15-5-7-16(8-6-15)26-19-20-9-10-27-19/h2-11,22H,12-13H2,1H3,(H,21,23). The van der Waals surface area contributed by atoms with Crippen LogP contribution in [0.5, 0.6) is 10.9 Å². The van der Waals surface area contributed by atoms with Crippen molar-refractivity contribution in [3.63, 3.8) is 0 Å². The van der Waals surface area contributed by atoms with E-state index in [1.165, 1.54) is 17.4 Å².